The number of ether oxygens (including phenoxy) is 2. The molecule has 7 atom stereocenters. The van der Waals surface area contributed by atoms with Crippen LogP contribution in [-0.4, -0.2) is 94.4 Å². The van der Waals surface area contributed by atoms with Crippen LogP contribution in [0.5, 0.6) is 5.75 Å². The Labute approximate surface area is 353 Å². The summed E-state index contributed by atoms with van der Waals surface area (Å²) in [5.41, 5.74) is 1.91. The summed E-state index contributed by atoms with van der Waals surface area (Å²) in [5.74, 6) is -2.66. The summed E-state index contributed by atoms with van der Waals surface area (Å²) < 4.78 is 11.2. The molecule has 0 bridgehead atoms. The van der Waals surface area contributed by atoms with E-state index in [-0.39, 0.29) is 54.8 Å². The van der Waals surface area contributed by atoms with Crippen molar-refractivity contribution in [2.75, 3.05) is 20.7 Å². The quantitative estimate of drug-likeness (QED) is 0.0988. The minimum absolute atomic E-state index is 0.107. The first-order chi connectivity index (χ1) is 28.1. The summed E-state index contributed by atoms with van der Waals surface area (Å²) >= 11 is 1.18. The van der Waals surface area contributed by atoms with Gasteiger partial charge in [-0.05, 0) is 74.4 Å². The molecule has 0 radical (unpaired) electrons. The molecule has 1 aliphatic heterocycles. The number of piperidine rings is 1. The third-order valence-electron chi connectivity index (χ3n) is 11.3. The van der Waals surface area contributed by atoms with Crippen molar-refractivity contribution in [3.8, 4) is 5.75 Å². The topological polar surface area (TPSA) is 167 Å². The second-order valence-corrected chi connectivity index (χ2v) is 17.1. The van der Waals surface area contributed by atoms with Gasteiger partial charge in [0.2, 0.25) is 11.8 Å². The molecule has 1 aliphatic rings. The monoisotopic (exact) mass is 833 g/mol. The average Bonchev–Trinajstić information content (AvgIpc) is 3.71. The molecule has 7 unspecified atom stereocenters. The molecule has 59 heavy (non-hydrogen) atoms. The number of likely N-dealkylation sites (N-methyl/N-ethyl adjacent to an activating group) is 1. The zero-order valence-electron chi connectivity index (χ0n) is 35.8. The van der Waals surface area contributed by atoms with Crippen molar-refractivity contribution in [2.45, 2.75) is 123 Å². The minimum Gasteiger partial charge on any atom is -0.497 e. The van der Waals surface area contributed by atoms with Gasteiger partial charge in [-0.2, -0.15) is 0 Å². The van der Waals surface area contributed by atoms with E-state index in [1.54, 1.807) is 19.4 Å². The van der Waals surface area contributed by atoms with Gasteiger partial charge < -0.3 is 30.1 Å². The fourth-order valence-corrected chi connectivity index (χ4v) is 8.44. The molecule has 0 saturated carbocycles. The van der Waals surface area contributed by atoms with Gasteiger partial charge in [0.1, 0.15) is 22.5 Å². The van der Waals surface area contributed by atoms with Crippen molar-refractivity contribution in [2.24, 2.45) is 17.8 Å². The first kappa shape index (κ1) is 46.9. The lowest BCUT2D eigenvalue weighted by Crippen LogP contribution is -2.58. The molecular weight excluding hydrogens is 771 g/mol. The van der Waals surface area contributed by atoms with E-state index in [1.807, 2.05) is 94.2 Å². The molecule has 2 aromatic carbocycles. The number of thiazole rings is 1. The van der Waals surface area contributed by atoms with Crippen LogP contribution in [0.3, 0.4) is 0 Å². The number of methoxy groups -OCH3 is 1. The van der Waals surface area contributed by atoms with Gasteiger partial charge in [-0.3, -0.25) is 28.9 Å². The average molecular weight is 834 g/mol. The fraction of sp³-hybridized carbons (Fsp3) is 0.556. The van der Waals surface area contributed by atoms with Crippen LogP contribution >= 0.6 is 11.3 Å². The number of nitrogens with one attached hydrogen (secondary N) is 2. The zero-order chi connectivity index (χ0) is 43.2. The van der Waals surface area contributed by atoms with Crippen molar-refractivity contribution < 1.29 is 38.6 Å². The summed E-state index contributed by atoms with van der Waals surface area (Å²) in [5, 5.41) is 17.8. The van der Waals surface area contributed by atoms with Crippen LogP contribution in [0.2, 0.25) is 0 Å². The summed E-state index contributed by atoms with van der Waals surface area (Å²) in [6, 6.07) is 15.0. The highest BCUT2D eigenvalue weighted by Crippen LogP contribution is 2.33. The SMILES string of the molecule is CCC(C)C(NC(=O)C1CCCCN1C)C(=O)N(Cc1ccccc1)C(CC(OC(C)=O)c1nc(C(=O)NC(Cc2ccc(OC)cc2)CC(C)C(=O)O)cs1)C(C)C. The molecule has 1 saturated heterocycles. The molecule has 4 rings (SSSR count). The summed E-state index contributed by atoms with van der Waals surface area (Å²) in [6.45, 7) is 12.0. The Morgan fingerprint density at radius 1 is 0.966 bits per heavy atom. The number of likely N-dealkylation sites (tertiary alicyclic amines) is 1. The Kier molecular flexibility index (Phi) is 17.9. The number of hydrogen-bond acceptors (Lipinski definition) is 10. The van der Waals surface area contributed by atoms with Crippen molar-refractivity contribution in [1.29, 1.82) is 0 Å². The lowest BCUT2D eigenvalue weighted by Gasteiger charge is -2.40. The van der Waals surface area contributed by atoms with Gasteiger partial charge in [-0.15, -0.1) is 11.3 Å². The van der Waals surface area contributed by atoms with E-state index in [2.05, 4.69) is 20.5 Å². The smallest absolute Gasteiger partial charge is 0.306 e. The molecule has 3 aromatic rings. The first-order valence-electron chi connectivity index (χ1n) is 20.8. The molecule has 322 valence electrons. The maximum Gasteiger partial charge on any atom is 0.306 e. The van der Waals surface area contributed by atoms with Crippen molar-refractivity contribution in [3.05, 3.63) is 81.8 Å². The lowest BCUT2D eigenvalue weighted by molar-refractivity contribution is -0.150. The van der Waals surface area contributed by atoms with Gasteiger partial charge in [-0.1, -0.05) is 89.9 Å². The molecule has 3 N–H and O–H groups in total. The number of aliphatic carboxylic acids is 1. The predicted molar refractivity (Wildman–Crippen MR) is 228 cm³/mol. The maximum atomic E-state index is 15.0. The molecule has 1 aromatic heterocycles. The third kappa shape index (κ3) is 13.6. The number of benzene rings is 2. The van der Waals surface area contributed by atoms with Gasteiger partial charge in [0.25, 0.3) is 5.91 Å². The Balaban J connectivity index is 1.64. The van der Waals surface area contributed by atoms with Crippen molar-refractivity contribution >= 4 is 41.0 Å². The second kappa shape index (κ2) is 22.5. The van der Waals surface area contributed by atoms with Crippen LogP contribution in [0.15, 0.2) is 60.0 Å². The van der Waals surface area contributed by atoms with Crippen molar-refractivity contribution in [3.63, 3.8) is 0 Å². The van der Waals surface area contributed by atoms with E-state index >= 15 is 0 Å². The molecule has 13 nitrogen and oxygen atoms in total. The van der Waals surface area contributed by atoms with Gasteiger partial charge in [0.15, 0.2) is 6.10 Å². The van der Waals surface area contributed by atoms with Crippen LogP contribution in [-0.2, 0) is 36.9 Å². The Hall–Kier alpha value is -4.82. The van der Waals surface area contributed by atoms with Gasteiger partial charge in [-0.25, -0.2) is 4.98 Å². The molecule has 1 fully saturated rings. The zero-order valence-corrected chi connectivity index (χ0v) is 36.6. The van der Waals surface area contributed by atoms with E-state index < -0.39 is 48.0 Å². The number of hydrogen-bond donors (Lipinski definition) is 3. The van der Waals surface area contributed by atoms with Crippen LogP contribution in [0.4, 0.5) is 0 Å². The first-order valence-corrected chi connectivity index (χ1v) is 21.6. The summed E-state index contributed by atoms with van der Waals surface area (Å²) in [7, 11) is 3.52. The highest BCUT2D eigenvalue weighted by Gasteiger charge is 2.39. The van der Waals surface area contributed by atoms with Crippen LogP contribution in [0, 0.1) is 17.8 Å². The normalized spacial score (nSPS) is 17.5. The number of amides is 3. The molecule has 14 heteroatoms. The molecule has 0 aliphatic carbocycles. The fourth-order valence-electron chi connectivity index (χ4n) is 7.60. The Bertz CT molecular complexity index is 1840. The highest BCUT2D eigenvalue weighted by molar-refractivity contribution is 7.09. The van der Waals surface area contributed by atoms with Crippen LogP contribution in [0.25, 0.3) is 0 Å². The second-order valence-electron chi connectivity index (χ2n) is 16.2. The van der Waals surface area contributed by atoms with Crippen molar-refractivity contribution in [1.82, 2.24) is 25.4 Å². The largest absolute Gasteiger partial charge is 0.497 e. The van der Waals surface area contributed by atoms with Gasteiger partial charge in [0.05, 0.1) is 19.1 Å². The van der Waals surface area contributed by atoms with Crippen LogP contribution in [0.1, 0.15) is 113 Å². The summed E-state index contributed by atoms with van der Waals surface area (Å²) in [4.78, 5) is 75.5. The summed E-state index contributed by atoms with van der Waals surface area (Å²) in [6.07, 6.45) is 3.24. The standard InChI is InChI=1S/C45H63N5O8S/c1-9-29(4)40(48-42(53)37-17-13-14-22-49(37)7)44(54)50(26-33-15-11-10-12-16-33)38(28(2)3)25-39(58-31(6)51)43-47-36(27-59-43)41(52)46-34(23-30(5)45(55)56)24-32-18-20-35(57-8)21-19-32/h10-12,15-16,18-21,27-30,34,37-40H,9,13-14,17,22-26H2,1-8H3,(H,46,52)(H,48,53)(H,55,56). The number of carboxylic acid groups (broad SMARTS) is 1. The van der Waals surface area contributed by atoms with Gasteiger partial charge >= 0.3 is 11.9 Å². The minimum atomic E-state index is -0.965. The maximum absolute atomic E-state index is 15.0. The number of esters is 1. The van der Waals surface area contributed by atoms with E-state index in [1.165, 1.54) is 18.3 Å². The van der Waals surface area contributed by atoms with E-state index in [4.69, 9.17) is 9.47 Å². The third-order valence-corrected chi connectivity index (χ3v) is 12.3. The van der Waals surface area contributed by atoms with Crippen LogP contribution < -0.4 is 15.4 Å². The van der Waals surface area contributed by atoms with Gasteiger partial charge in [0, 0.05) is 37.4 Å². The van der Waals surface area contributed by atoms with E-state index in [0.29, 0.717) is 23.6 Å². The molecule has 3 amide bonds. The Morgan fingerprint density at radius 3 is 2.25 bits per heavy atom. The molecule has 2 heterocycles. The predicted octanol–water partition coefficient (Wildman–Crippen LogP) is 6.67. The number of carbonyl (C=O) groups is 5. The molecular formula is C45H63N5O8S. The van der Waals surface area contributed by atoms with E-state index in [0.717, 1.165) is 36.9 Å². The number of carboxylic acids is 1. The molecule has 0 spiro atoms. The van der Waals surface area contributed by atoms with E-state index in [9.17, 15) is 29.1 Å². The number of nitrogens with zero attached hydrogens (tertiary/aromatic N) is 3. The highest BCUT2D eigenvalue weighted by atomic mass is 32.1. The lowest BCUT2D eigenvalue weighted by atomic mass is 9.91. The number of carbonyl (C=O) groups excluding carboxylic acids is 4. The number of aromatic nitrogens is 1. The Morgan fingerprint density at radius 2 is 1.66 bits per heavy atom. The number of rotatable bonds is 21.